The first-order chi connectivity index (χ1) is 8.84. The van der Waals surface area contributed by atoms with Gasteiger partial charge in [-0.2, -0.15) is 0 Å². The largest absolute Gasteiger partial charge is 0.290 e. The number of nitrogens with zero attached hydrogens (tertiary/aromatic N) is 1. The van der Waals surface area contributed by atoms with E-state index in [-0.39, 0.29) is 0 Å². The maximum Gasteiger partial charge on any atom is 0.0602 e. The van der Waals surface area contributed by atoms with E-state index in [1.807, 2.05) is 0 Å². The van der Waals surface area contributed by atoms with Gasteiger partial charge in [0.1, 0.15) is 0 Å². The van der Waals surface area contributed by atoms with Crippen molar-refractivity contribution in [1.29, 1.82) is 0 Å². The van der Waals surface area contributed by atoms with Crippen LogP contribution >= 0.6 is 15.9 Å². The van der Waals surface area contributed by atoms with Crippen LogP contribution in [0.3, 0.4) is 0 Å². The number of alkyl halides is 1. The van der Waals surface area contributed by atoms with Gasteiger partial charge in [-0.25, -0.2) is 0 Å². The molecule has 0 aliphatic carbocycles. The lowest BCUT2D eigenvalue weighted by Crippen LogP contribution is -2.49. The van der Waals surface area contributed by atoms with Gasteiger partial charge in [0, 0.05) is 17.9 Å². The summed E-state index contributed by atoms with van der Waals surface area (Å²) in [6.45, 7) is 2.24. The predicted molar refractivity (Wildman–Crippen MR) is 79.0 cm³/mol. The SMILES string of the molecule is BrC1CN(C(c2ccccc2)c2ccccc2)C1. The van der Waals surface area contributed by atoms with Crippen molar-refractivity contribution in [3.63, 3.8) is 0 Å². The van der Waals surface area contributed by atoms with Crippen molar-refractivity contribution in [3.8, 4) is 0 Å². The Bertz CT molecular complexity index is 452. The number of rotatable bonds is 3. The molecule has 1 fully saturated rings. The van der Waals surface area contributed by atoms with Gasteiger partial charge in [-0.05, 0) is 11.1 Å². The average Bonchev–Trinajstić information content (AvgIpc) is 2.40. The molecule has 0 N–H and O–H groups in total. The van der Waals surface area contributed by atoms with Crippen molar-refractivity contribution in [2.45, 2.75) is 10.9 Å². The lowest BCUT2D eigenvalue weighted by Gasteiger charge is -2.42. The summed E-state index contributed by atoms with van der Waals surface area (Å²) in [7, 11) is 0. The fraction of sp³-hybridized carbons (Fsp3) is 0.250. The minimum absolute atomic E-state index is 0.390. The van der Waals surface area contributed by atoms with Crippen LogP contribution in [0.1, 0.15) is 17.2 Å². The molecular formula is C16H16BrN. The minimum atomic E-state index is 0.390. The van der Waals surface area contributed by atoms with Gasteiger partial charge in [-0.3, -0.25) is 4.90 Å². The topological polar surface area (TPSA) is 3.24 Å². The van der Waals surface area contributed by atoms with Gasteiger partial charge in [-0.1, -0.05) is 76.6 Å². The van der Waals surface area contributed by atoms with Crippen molar-refractivity contribution < 1.29 is 0 Å². The number of hydrogen-bond donors (Lipinski definition) is 0. The average molecular weight is 302 g/mol. The van der Waals surface area contributed by atoms with Gasteiger partial charge in [0.05, 0.1) is 6.04 Å². The van der Waals surface area contributed by atoms with Crippen LogP contribution in [0.15, 0.2) is 60.7 Å². The Labute approximate surface area is 117 Å². The van der Waals surface area contributed by atoms with Gasteiger partial charge in [-0.15, -0.1) is 0 Å². The van der Waals surface area contributed by atoms with Crippen LogP contribution in [-0.2, 0) is 0 Å². The second kappa shape index (κ2) is 5.25. The third kappa shape index (κ3) is 2.36. The molecular weight excluding hydrogens is 286 g/mol. The highest BCUT2D eigenvalue weighted by Gasteiger charge is 2.32. The summed E-state index contributed by atoms with van der Waals surface area (Å²) in [6, 6.07) is 21.9. The quantitative estimate of drug-likeness (QED) is 0.778. The fourth-order valence-electron chi connectivity index (χ4n) is 2.55. The van der Waals surface area contributed by atoms with Gasteiger partial charge >= 0.3 is 0 Å². The Balaban J connectivity index is 1.94. The summed E-state index contributed by atoms with van der Waals surface area (Å²) in [6.07, 6.45) is 0. The molecule has 1 saturated heterocycles. The summed E-state index contributed by atoms with van der Waals surface area (Å²) in [5, 5.41) is 0. The van der Waals surface area contributed by atoms with E-state index < -0.39 is 0 Å². The molecule has 1 aliphatic heterocycles. The third-order valence-corrected chi connectivity index (χ3v) is 4.04. The smallest absolute Gasteiger partial charge is 0.0602 e. The first-order valence-electron chi connectivity index (χ1n) is 6.32. The second-order valence-electron chi connectivity index (χ2n) is 4.78. The van der Waals surface area contributed by atoms with Crippen molar-refractivity contribution >= 4 is 15.9 Å². The highest BCUT2D eigenvalue weighted by Crippen LogP contribution is 2.33. The molecule has 0 saturated carbocycles. The molecule has 3 rings (SSSR count). The number of halogens is 1. The van der Waals surface area contributed by atoms with E-state index in [4.69, 9.17) is 0 Å². The predicted octanol–water partition coefficient (Wildman–Crippen LogP) is 3.86. The molecule has 0 radical (unpaired) electrons. The van der Waals surface area contributed by atoms with Gasteiger partial charge < -0.3 is 0 Å². The highest BCUT2D eigenvalue weighted by atomic mass is 79.9. The van der Waals surface area contributed by atoms with Crippen LogP contribution in [0.2, 0.25) is 0 Å². The summed E-state index contributed by atoms with van der Waals surface area (Å²) in [5.74, 6) is 0. The molecule has 0 bridgehead atoms. The van der Waals surface area contributed by atoms with Crippen LogP contribution < -0.4 is 0 Å². The number of hydrogen-bond acceptors (Lipinski definition) is 1. The second-order valence-corrected chi connectivity index (χ2v) is 6.07. The zero-order valence-electron chi connectivity index (χ0n) is 10.2. The van der Waals surface area contributed by atoms with Crippen LogP contribution in [-0.4, -0.2) is 22.8 Å². The van der Waals surface area contributed by atoms with E-state index in [9.17, 15) is 0 Å². The van der Waals surface area contributed by atoms with E-state index in [1.165, 1.54) is 11.1 Å². The van der Waals surface area contributed by atoms with Crippen molar-refractivity contribution in [3.05, 3.63) is 71.8 Å². The van der Waals surface area contributed by atoms with Crippen LogP contribution in [0.25, 0.3) is 0 Å². The van der Waals surface area contributed by atoms with E-state index in [0.717, 1.165) is 13.1 Å². The molecule has 0 unspecified atom stereocenters. The summed E-state index contributed by atoms with van der Waals surface area (Å²) < 4.78 is 0. The third-order valence-electron chi connectivity index (χ3n) is 3.46. The van der Waals surface area contributed by atoms with Gasteiger partial charge in [0.25, 0.3) is 0 Å². The minimum Gasteiger partial charge on any atom is -0.290 e. The van der Waals surface area contributed by atoms with Gasteiger partial charge in [0.2, 0.25) is 0 Å². The molecule has 1 nitrogen and oxygen atoms in total. The maximum atomic E-state index is 3.67. The van der Waals surface area contributed by atoms with Crippen molar-refractivity contribution in [1.82, 2.24) is 4.90 Å². The van der Waals surface area contributed by atoms with E-state index in [1.54, 1.807) is 0 Å². The maximum absolute atomic E-state index is 3.67. The van der Waals surface area contributed by atoms with Crippen LogP contribution in [0.5, 0.6) is 0 Å². The van der Waals surface area contributed by atoms with Crippen molar-refractivity contribution in [2.24, 2.45) is 0 Å². The molecule has 2 heteroatoms. The summed E-state index contributed by atoms with van der Waals surface area (Å²) in [4.78, 5) is 3.16. The molecule has 2 aromatic rings. The Morgan fingerprint density at radius 3 is 1.67 bits per heavy atom. The lowest BCUT2D eigenvalue weighted by molar-refractivity contribution is 0.151. The molecule has 0 spiro atoms. The molecule has 1 heterocycles. The lowest BCUT2D eigenvalue weighted by atomic mass is 9.94. The van der Waals surface area contributed by atoms with Crippen LogP contribution in [0, 0.1) is 0 Å². The monoisotopic (exact) mass is 301 g/mol. The number of likely N-dealkylation sites (tertiary alicyclic amines) is 1. The molecule has 1 aliphatic rings. The normalized spacial score (nSPS) is 16.8. The van der Waals surface area contributed by atoms with E-state index in [2.05, 4.69) is 81.5 Å². The molecule has 0 aromatic heterocycles. The Hall–Kier alpha value is -1.12. The zero-order valence-corrected chi connectivity index (χ0v) is 11.8. The fourth-order valence-corrected chi connectivity index (χ4v) is 3.29. The first-order valence-corrected chi connectivity index (χ1v) is 7.24. The zero-order chi connectivity index (χ0) is 12.4. The summed E-state index contributed by atoms with van der Waals surface area (Å²) >= 11 is 3.67. The van der Waals surface area contributed by atoms with Crippen molar-refractivity contribution in [2.75, 3.05) is 13.1 Å². The Morgan fingerprint density at radius 1 is 0.833 bits per heavy atom. The molecule has 18 heavy (non-hydrogen) atoms. The molecule has 0 atom stereocenters. The highest BCUT2D eigenvalue weighted by molar-refractivity contribution is 9.09. The summed E-state index contributed by atoms with van der Waals surface area (Å²) in [5.41, 5.74) is 2.76. The van der Waals surface area contributed by atoms with E-state index in [0.29, 0.717) is 10.9 Å². The van der Waals surface area contributed by atoms with Gasteiger partial charge in [0.15, 0.2) is 0 Å². The Morgan fingerprint density at radius 2 is 1.28 bits per heavy atom. The first kappa shape index (κ1) is 11.9. The standard InChI is InChI=1S/C16H16BrN/c17-15-11-18(12-15)16(13-7-3-1-4-8-13)14-9-5-2-6-10-14/h1-10,15-16H,11-12H2. The number of benzene rings is 2. The molecule has 92 valence electrons. The Kier molecular flexibility index (Phi) is 3.48. The molecule has 2 aromatic carbocycles. The van der Waals surface area contributed by atoms with Crippen LogP contribution in [0.4, 0.5) is 0 Å². The molecule has 0 amide bonds. The van der Waals surface area contributed by atoms with E-state index >= 15 is 0 Å².